The summed E-state index contributed by atoms with van der Waals surface area (Å²) < 4.78 is 39.5. The number of hydrogen-bond donors (Lipinski definition) is 1. The lowest BCUT2D eigenvalue weighted by Crippen LogP contribution is -2.28. The van der Waals surface area contributed by atoms with Gasteiger partial charge in [0.15, 0.2) is 0 Å². The summed E-state index contributed by atoms with van der Waals surface area (Å²) in [5, 5.41) is 0. The topological polar surface area (TPSA) is 64.6 Å². The van der Waals surface area contributed by atoms with Crippen LogP contribution in [0.5, 0.6) is 11.5 Å². The van der Waals surface area contributed by atoms with E-state index in [2.05, 4.69) is 27.3 Å². The SMILES string of the molecule is CCC(NS(=O)(=O)c1ccc(OC)c(I)c1)c1ccc(OC)c(C)c1. The van der Waals surface area contributed by atoms with Crippen LogP contribution in [0.25, 0.3) is 0 Å². The Morgan fingerprint density at radius 1 is 1.08 bits per heavy atom. The van der Waals surface area contributed by atoms with E-state index >= 15 is 0 Å². The van der Waals surface area contributed by atoms with Gasteiger partial charge in [0.2, 0.25) is 10.0 Å². The molecule has 1 N–H and O–H groups in total. The monoisotopic (exact) mass is 475 g/mol. The van der Waals surface area contributed by atoms with E-state index in [-0.39, 0.29) is 10.9 Å². The van der Waals surface area contributed by atoms with Crippen LogP contribution < -0.4 is 14.2 Å². The van der Waals surface area contributed by atoms with Crippen LogP contribution in [0.15, 0.2) is 41.3 Å². The molecule has 7 heteroatoms. The number of hydrogen-bond acceptors (Lipinski definition) is 4. The molecule has 0 aliphatic carbocycles. The fraction of sp³-hybridized carbons (Fsp3) is 0.333. The molecule has 0 amide bonds. The smallest absolute Gasteiger partial charge is 0.241 e. The minimum atomic E-state index is -3.64. The first-order valence-corrected chi connectivity index (χ1v) is 10.4. The van der Waals surface area contributed by atoms with E-state index in [1.54, 1.807) is 32.4 Å². The standard InChI is InChI=1S/C18H22INO4S/c1-5-16(13-6-8-17(23-3)12(2)10-13)20-25(21,22)14-7-9-18(24-4)15(19)11-14/h6-11,16,20H,5H2,1-4H3. The minimum absolute atomic E-state index is 0.224. The molecule has 2 rings (SSSR count). The highest BCUT2D eigenvalue weighted by molar-refractivity contribution is 14.1. The van der Waals surface area contributed by atoms with Crippen LogP contribution in [0.3, 0.4) is 0 Å². The summed E-state index contributed by atoms with van der Waals surface area (Å²) in [5.74, 6) is 1.43. The van der Waals surface area contributed by atoms with Crippen molar-refractivity contribution in [2.45, 2.75) is 31.2 Å². The number of ether oxygens (including phenoxy) is 2. The van der Waals surface area contributed by atoms with Gasteiger partial charge in [0.1, 0.15) is 11.5 Å². The molecule has 0 heterocycles. The summed E-state index contributed by atoms with van der Waals surface area (Å²) in [6, 6.07) is 10.2. The molecular formula is C18H22INO4S. The Morgan fingerprint density at radius 2 is 1.72 bits per heavy atom. The molecule has 2 aromatic rings. The van der Waals surface area contributed by atoms with Crippen molar-refractivity contribution in [2.75, 3.05) is 14.2 Å². The van der Waals surface area contributed by atoms with Gasteiger partial charge in [0, 0.05) is 6.04 Å². The van der Waals surface area contributed by atoms with Gasteiger partial charge in [-0.15, -0.1) is 0 Å². The van der Waals surface area contributed by atoms with Crippen LogP contribution in [0.1, 0.15) is 30.5 Å². The third kappa shape index (κ3) is 4.65. The summed E-state index contributed by atoms with van der Waals surface area (Å²) in [7, 11) is -0.460. The maximum absolute atomic E-state index is 12.8. The molecule has 25 heavy (non-hydrogen) atoms. The van der Waals surface area contributed by atoms with Gasteiger partial charge < -0.3 is 9.47 Å². The molecule has 0 aliphatic rings. The Kier molecular flexibility index (Phi) is 6.70. The first-order chi connectivity index (χ1) is 11.8. The van der Waals surface area contributed by atoms with Gasteiger partial charge in [-0.3, -0.25) is 0 Å². The average molecular weight is 475 g/mol. The largest absolute Gasteiger partial charge is 0.496 e. The van der Waals surface area contributed by atoms with Gasteiger partial charge in [-0.05, 0) is 71.3 Å². The highest BCUT2D eigenvalue weighted by Gasteiger charge is 2.21. The highest BCUT2D eigenvalue weighted by Crippen LogP contribution is 2.27. The molecule has 0 bridgehead atoms. The first kappa shape index (κ1) is 20.0. The van der Waals surface area contributed by atoms with Crippen molar-refractivity contribution in [3.8, 4) is 11.5 Å². The molecular weight excluding hydrogens is 453 g/mol. The molecule has 0 radical (unpaired) electrons. The number of nitrogens with one attached hydrogen (secondary N) is 1. The molecule has 0 saturated carbocycles. The molecule has 0 saturated heterocycles. The lowest BCUT2D eigenvalue weighted by Gasteiger charge is -2.19. The van der Waals surface area contributed by atoms with E-state index in [4.69, 9.17) is 9.47 Å². The second-order valence-corrected chi connectivity index (χ2v) is 8.48. The lowest BCUT2D eigenvalue weighted by molar-refractivity contribution is 0.411. The maximum Gasteiger partial charge on any atom is 0.241 e. The molecule has 0 aliphatic heterocycles. The van der Waals surface area contributed by atoms with Gasteiger partial charge in [0.05, 0.1) is 22.7 Å². The molecule has 1 unspecified atom stereocenters. The Bertz CT molecular complexity index is 852. The fourth-order valence-electron chi connectivity index (χ4n) is 2.58. The van der Waals surface area contributed by atoms with Crippen LogP contribution in [-0.4, -0.2) is 22.6 Å². The zero-order valence-electron chi connectivity index (χ0n) is 14.7. The van der Waals surface area contributed by atoms with E-state index in [0.29, 0.717) is 12.2 Å². The van der Waals surface area contributed by atoms with Gasteiger partial charge in [-0.1, -0.05) is 19.1 Å². The van der Waals surface area contributed by atoms with Crippen molar-refractivity contribution < 1.29 is 17.9 Å². The minimum Gasteiger partial charge on any atom is -0.496 e. The van der Waals surface area contributed by atoms with Gasteiger partial charge >= 0.3 is 0 Å². The zero-order valence-corrected chi connectivity index (χ0v) is 17.6. The number of halogens is 1. The second-order valence-electron chi connectivity index (χ2n) is 5.61. The Labute approximate surface area is 162 Å². The van der Waals surface area contributed by atoms with Crippen molar-refractivity contribution >= 4 is 32.6 Å². The third-order valence-electron chi connectivity index (χ3n) is 3.96. The lowest BCUT2D eigenvalue weighted by atomic mass is 10.0. The summed E-state index contributed by atoms with van der Waals surface area (Å²) in [5.41, 5.74) is 1.88. The predicted molar refractivity (Wildman–Crippen MR) is 107 cm³/mol. The number of aryl methyl sites for hydroxylation is 1. The van der Waals surface area contributed by atoms with E-state index < -0.39 is 10.0 Å². The number of benzene rings is 2. The van der Waals surface area contributed by atoms with Crippen molar-refractivity contribution in [1.82, 2.24) is 4.72 Å². The van der Waals surface area contributed by atoms with Gasteiger partial charge in [0.25, 0.3) is 0 Å². The van der Waals surface area contributed by atoms with Crippen molar-refractivity contribution in [3.63, 3.8) is 0 Å². The second kappa shape index (κ2) is 8.37. The van der Waals surface area contributed by atoms with Crippen molar-refractivity contribution in [3.05, 3.63) is 51.1 Å². The van der Waals surface area contributed by atoms with Crippen molar-refractivity contribution in [2.24, 2.45) is 0 Å². The summed E-state index contributed by atoms with van der Waals surface area (Å²) in [6.07, 6.45) is 0.637. The van der Waals surface area contributed by atoms with E-state index in [1.165, 1.54) is 0 Å². The van der Waals surface area contributed by atoms with E-state index in [0.717, 1.165) is 20.4 Å². The highest BCUT2D eigenvalue weighted by atomic mass is 127. The van der Waals surface area contributed by atoms with Crippen LogP contribution in [0, 0.1) is 10.5 Å². The fourth-order valence-corrected chi connectivity index (χ4v) is 4.86. The van der Waals surface area contributed by atoms with Crippen molar-refractivity contribution in [1.29, 1.82) is 0 Å². The molecule has 2 aromatic carbocycles. The molecule has 0 spiro atoms. The number of rotatable bonds is 7. The Hall–Kier alpha value is -1.32. The average Bonchev–Trinajstić information content (AvgIpc) is 2.59. The van der Waals surface area contributed by atoms with E-state index in [1.807, 2.05) is 32.0 Å². The zero-order chi connectivity index (χ0) is 18.6. The molecule has 0 aromatic heterocycles. The summed E-state index contributed by atoms with van der Waals surface area (Å²) >= 11 is 2.06. The van der Waals surface area contributed by atoms with E-state index in [9.17, 15) is 8.42 Å². The van der Waals surface area contributed by atoms with Crippen LogP contribution in [0.2, 0.25) is 0 Å². The number of methoxy groups -OCH3 is 2. The molecule has 1 atom stereocenters. The Balaban J connectivity index is 2.31. The van der Waals surface area contributed by atoms with Gasteiger partial charge in [-0.2, -0.15) is 0 Å². The maximum atomic E-state index is 12.8. The third-order valence-corrected chi connectivity index (χ3v) is 6.27. The molecule has 5 nitrogen and oxygen atoms in total. The molecule has 136 valence electrons. The summed E-state index contributed by atoms with van der Waals surface area (Å²) in [6.45, 7) is 3.89. The summed E-state index contributed by atoms with van der Waals surface area (Å²) in [4.78, 5) is 0.224. The Morgan fingerprint density at radius 3 is 2.24 bits per heavy atom. The number of sulfonamides is 1. The molecule has 0 fully saturated rings. The predicted octanol–water partition coefficient (Wildman–Crippen LogP) is 4.05. The van der Waals surface area contributed by atoms with Crippen LogP contribution in [-0.2, 0) is 10.0 Å². The normalized spacial score (nSPS) is 12.7. The first-order valence-electron chi connectivity index (χ1n) is 7.82. The van der Waals surface area contributed by atoms with Gasteiger partial charge in [-0.25, -0.2) is 13.1 Å². The van der Waals surface area contributed by atoms with Crippen LogP contribution in [0.4, 0.5) is 0 Å². The van der Waals surface area contributed by atoms with Crippen LogP contribution >= 0.6 is 22.6 Å². The quantitative estimate of drug-likeness (QED) is 0.614.